The Labute approximate surface area is 288 Å². The molecule has 1 rings (SSSR count). The van der Waals surface area contributed by atoms with E-state index in [-0.39, 0.29) is 0 Å². The third kappa shape index (κ3) is 9.17. The van der Waals surface area contributed by atoms with Gasteiger partial charge >= 0.3 is 0 Å². The van der Waals surface area contributed by atoms with Gasteiger partial charge in [0.25, 0.3) is 0 Å². The van der Waals surface area contributed by atoms with E-state index in [4.69, 9.17) is 0 Å². The van der Waals surface area contributed by atoms with Crippen LogP contribution in [0.15, 0.2) is 0 Å². The lowest BCUT2D eigenvalue weighted by Crippen LogP contribution is -2.39. The third-order valence-corrected chi connectivity index (χ3v) is 17.8. The Balaban J connectivity index is 2.97. The van der Waals surface area contributed by atoms with Gasteiger partial charge < -0.3 is 0 Å². The molecule has 0 amide bonds. The summed E-state index contributed by atoms with van der Waals surface area (Å²) in [6, 6.07) is 0. The Morgan fingerprint density at radius 2 is 0.844 bits per heavy atom. The Morgan fingerprint density at radius 1 is 0.511 bits per heavy atom. The van der Waals surface area contributed by atoms with Crippen LogP contribution in [0.25, 0.3) is 0 Å². The van der Waals surface area contributed by atoms with E-state index in [2.05, 4.69) is 145 Å². The molecule has 0 aromatic carbocycles. The monoisotopic (exact) mass is 631 g/mol. The van der Waals surface area contributed by atoms with E-state index in [1.807, 2.05) is 0 Å². The molecule has 1 fully saturated rings. The van der Waals surface area contributed by atoms with Crippen LogP contribution < -0.4 is 0 Å². The van der Waals surface area contributed by atoms with Gasteiger partial charge in [0.05, 0.1) is 0 Å². The number of hydrogen-bond donors (Lipinski definition) is 0. The van der Waals surface area contributed by atoms with Crippen molar-refractivity contribution in [2.75, 3.05) is 0 Å². The summed E-state index contributed by atoms with van der Waals surface area (Å²) in [5.41, 5.74) is 1.54. The van der Waals surface area contributed by atoms with Crippen LogP contribution in [0, 0.1) is 105 Å². The molecule has 0 spiro atoms. The van der Waals surface area contributed by atoms with Gasteiger partial charge in [-0.2, -0.15) is 0 Å². The normalized spacial score (nSPS) is 29.8. The average Bonchev–Trinajstić information content (AvgIpc) is 3.61. The minimum Gasteiger partial charge on any atom is -0.0651 e. The second-order valence-corrected chi connectivity index (χ2v) is 19.4. The highest BCUT2D eigenvalue weighted by atomic mass is 14.7. The van der Waals surface area contributed by atoms with Crippen molar-refractivity contribution >= 4 is 0 Å². The van der Waals surface area contributed by atoms with Crippen molar-refractivity contribution < 1.29 is 0 Å². The average molecular weight is 631 g/mol. The highest BCUT2D eigenvalue weighted by molar-refractivity contribution is 5.12. The lowest BCUT2D eigenvalue weighted by atomic mass is 9.59. The van der Waals surface area contributed by atoms with Crippen LogP contribution in [0.4, 0.5) is 0 Å². The fourth-order valence-corrected chi connectivity index (χ4v) is 11.4. The fraction of sp³-hybridized carbons (Fsp3) is 1.00. The summed E-state index contributed by atoms with van der Waals surface area (Å²) in [4.78, 5) is 0. The number of rotatable bonds is 21. The molecule has 0 heterocycles. The van der Waals surface area contributed by atoms with Gasteiger partial charge in [0, 0.05) is 0 Å². The van der Waals surface area contributed by atoms with Crippen molar-refractivity contribution in [3.05, 3.63) is 0 Å². The Bertz CT molecular complexity index is 839. The van der Waals surface area contributed by atoms with E-state index >= 15 is 0 Å². The molecule has 270 valence electrons. The molecule has 1 saturated carbocycles. The smallest absolute Gasteiger partial charge is 0.0215 e. The highest BCUT2D eigenvalue weighted by Gasteiger charge is 2.63. The quantitative estimate of drug-likeness (QED) is 0.118. The SMILES string of the molecule is CCC(C)CC(C)(CC)C(C)C(C)C(C)C(C)C(C)C(C)C(C)C(C)C(C)C(C)C(C)C(C)C(CC)C(C)C1(CC)CC1(C)C. The van der Waals surface area contributed by atoms with Crippen LogP contribution in [0.2, 0.25) is 0 Å². The second-order valence-electron chi connectivity index (χ2n) is 19.4. The van der Waals surface area contributed by atoms with Crippen LogP contribution in [-0.2, 0) is 0 Å². The molecule has 17 atom stereocenters. The lowest BCUT2D eigenvalue weighted by molar-refractivity contribution is 0.0306. The van der Waals surface area contributed by atoms with Gasteiger partial charge in [-0.15, -0.1) is 0 Å². The molecule has 1 aliphatic carbocycles. The summed E-state index contributed by atoms with van der Waals surface area (Å²) >= 11 is 0. The zero-order valence-corrected chi connectivity index (χ0v) is 35.4. The summed E-state index contributed by atoms with van der Waals surface area (Å²) in [6.07, 6.45) is 8.08. The van der Waals surface area contributed by atoms with Crippen LogP contribution in [-0.4, -0.2) is 0 Å². The van der Waals surface area contributed by atoms with E-state index < -0.39 is 0 Å². The predicted octanol–water partition coefficient (Wildman–Crippen LogP) is 15.0. The topological polar surface area (TPSA) is 0 Å². The molecule has 0 aromatic heterocycles. The van der Waals surface area contributed by atoms with Gasteiger partial charge in [0.1, 0.15) is 0 Å². The van der Waals surface area contributed by atoms with Gasteiger partial charge in [0.15, 0.2) is 0 Å². The van der Waals surface area contributed by atoms with Crippen molar-refractivity contribution in [1.29, 1.82) is 0 Å². The van der Waals surface area contributed by atoms with Gasteiger partial charge in [-0.25, -0.2) is 0 Å². The molecule has 0 bridgehead atoms. The maximum Gasteiger partial charge on any atom is -0.0215 e. The maximum absolute atomic E-state index is 2.62. The molecule has 0 heteroatoms. The van der Waals surface area contributed by atoms with Crippen molar-refractivity contribution in [2.24, 2.45) is 105 Å². The van der Waals surface area contributed by atoms with E-state index in [9.17, 15) is 0 Å². The third-order valence-electron chi connectivity index (χ3n) is 17.8. The van der Waals surface area contributed by atoms with E-state index in [0.29, 0.717) is 16.2 Å². The lowest BCUT2D eigenvalue weighted by Gasteiger charge is -2.46. The van der Waals surface area contributed by atoms with Crippen LogP contribution in [0.3, 0.4) is 0 Å². The Kier molecular flexibility index (Phi) is 16.3. The molecule has 1 aliphatic rings. The first-order valence-corrected chi connectivity index (χ1v) is 20.6. The highest BCUT2D eigenvalue weighted by Crippen LogP contribution is 2.71. The molecule has 45 heavy (non-hydrogen) atoms. The largest absolute Gasteiger partial charge is 0.0651 e. The molecule has 0 N–H and O–H groups in total. The molecular formula is C45H90. The summed E-state index contributed by atoms with van der Waals surface area (Å²) in [5, 5.41) is 0. The fourth-order valence-electron chi connectivity index (χ4n) is 11.4. The van der Waals surface area contributed by atoms with E-state index in [1.165, 1.54) is 38.5 Å². The van der Waals surface area contributed by atoms with Crippen LogP contribution >= 0.6 is 0 Å². The van der Waals surface area contributed by atoms with Gasteiger partial charge in [-0.05, 0) is 124 Å². The summed E-state index contributed by atoms with van der Waals surface area (Å²) in [5.74, 6) is 11.5. The summed E-state index contributed by atoms with van der Waals surface area (Å²) < 4.78 is 0. The van der Waals surface area contributed by atoms with E-state index in [0.717, 1.165) is 88.8 Å². The zero-order valence-electron chi connectivity index (χ0n) is 35.4. The van der Waals surface area contributed by atoms with Crippen molar-refractivity contribution in [3.8, 4) is 0 Å². The first-order chi connectivity index (χ1) is 20.6. The standard InChI is InChI=1S/C45H90/c1-22-28(5)26-44(21,24-3)40(17)38(15)36(13)34(11)32(9)30(7)29(6)31(8)33(10)35(12)37(14)39(16)42(23-2)41(18)45(25-4)27-43(45,19)20/h28-42H,22-27H2,1-21H3. The first kappa shape index (κ1) is 43.0. The molecule has 0 nitrogen and oxygen atoms in total. The van der Waals surface area contributed by atoms with Gasteiger partial charge in [-0.3, -0.25) is 0 Å². The molecular weight excluding hydrogens is 540 g/mol. The van der Waals surface area contributed by atoms with Crippen LogP contribution in [0.5, 0.6) is 0 Å². The zero-order chi connectivity index (χ0) is 35.4. The van der Waals surface area contributed by atoms with Gasteiger partial charge in [-0.1, -0.05) is 165 Å². The van der Waals surface area contributed by atoms with Crippen molar-refractivity contribution in [1.82, 2.24) is 0 Å². The summed E-state index contributed by atoms with van der Waals surface area (Å²) in [7, 11) is 0. The van der Waals surface area contributed by atoms with Gasteiger partial charge in [0.2, 0.25) is 0 Å². The minimum atomic E-state index is 0.444. The molecule has 17 unspecified atom stereocenters. The molecule has 0 radical (unpaired) electrons. The first-order valence-electron chi connectivity index (χ1n) is 20.6. The van der Waals surface area contributed by atoms with Crippen LogP contribution in [0.1, 0.15) is 184 Å². The van der Waals surface area contributed by atoms with E-state index in [1.54, 1.807) is 0 Å². The molecule has 0 aliphatic heterocycles. The predicted molar refractivity (Wildman–Crippen MR) is 207 cm³/mol. The maximum atomic E-state index is 2.62. The van der Waals surface area contributed by atoms with Crippen molar-refractivity contribution in [2.45, 2.75) is 184 Å². The molecule has 0 aromatic rings. The van der Waals surface area contributed by atoms with Crippen molar-refractivity contribution in [3.63, 3.8) is 0 Å². The molecule has 0 saturated heterocycles. The second kappa shape index (κ2) is 17.1. The Morgan fingerprint density at radius 3 is 1.11 bits per heavy atom. The number of hydrogen-bond acceptors (Lipinski definition) is 0. The Hall–Kier alpha value is 0. The summed E-state index contributed by atoms with van der Waals surface area (Å²) in [6.45, 7) is 53.7. The minimum absolute atomic E-state index is 0.444.